The molecule has 0 fully saturated rings. The van der Waals surface area contributed by atoms with E-state index in [2.05, 4.69) is 32.8 Å². The monoisotopic (exact) mass is 224 g/mol. The van der Waals surface area contributed by atoms with Gasteiger partial charge in [0, 0.05) is 24.2 Å². The molecule has 0 aliphatic heterocycles. The molecule has 0 amide bonds. The minimum absolute atomic E-state index is 0.0101. The molecule has 0 saturated heterocycles. The number of rotatable bonds is 4. The molecule has 1 heterocycles. The number of aliphatic hydroxyl groups is 1. The predicted molar refractivity (Wildman–Crippen MR) is 66.4 cm³/mol. The van der Waals surface area contributed by atoms with E-state index < -0.39 is 0 Å². The van der Waals surface area contributed by atoms with Gasteiger partial charge < -0.3 is 5.11 Å². The van der Waals surface area contributed by atoms with Crippen LogP contribution < -0.4 is 0 Å². The number of aromatic nitrogens is 2. The van der Waals surface area contributed by atoms with Gasteiger partial charge in [-0.15, -0.1) is 0 Å². The van der Waals surface area contributed by atoms with Gasteiger partial charge in [0.25, 0.3) is 0 Å². The Kier molecular flexibility index (Phi) is 4.14. The highest BCUT2D eigenvalue weighted by atomic mass is 16.3. The van der Waals surface area contributed by atoms with Crippen LogP contribution in [0.4, 0.5) is 0 Å². The molecule has 3 heteroatoms. The molecule has 0 bridgehead atoms. The number of unbranched alkanes of at least 4 members (excludes halogenated alkanes) is 1. The van der Waals surface area contributed by atoms with E-state index in [1.165, 1.54) is 0 Å². The number of aliphatic hydroxyl groups excluding tert-OH is 1. The molecule has 0 aromatic carbocycles. The first-order valence-electron chi connectivity index (χ1n) is 6.08. The Balaban J connectivity index is 2.94. The SMILES string of the molecule is CCCCC(O)c1cn(C)nc1C(C)(C)C. The third kappa shape index (κ3) is 3.08. The van der Waals surface area contributed by atoms with Crippen LogP contribution in [0.3, 0.4) is 0 Å². The Hall–Kier alpha value is -0.830. The van der Waals surface area contributed by atoms with Gasteiger partial charge >= 0.3 is 0 Å². The highest BCUT2D eigenvalue weighted by Crippen LogP contribution is 2.30. The van der Waals surface area contributed by atoms with Crippen molar-refractivity contribution in [3.05, 3.63) is 17.5 Å². The molecule has 1 aromatic rings. The fraction of sp³-hybridized carbons (Fsp3) is 0.769. The van der Waals surface area contributed by atoms with E-state index in [9.17, 15) is 5.11 Å². The zero-order valence-electron chi connectivity index (χ0n) is 11.1. The summed E-state index contributed by atoms with van der Waals surface area (Å²) in [4.78, 5) is 0. The molecule has 1 aromatic heterocycles. The summed E-state index contributed by atoms with van der Waals surface area (Å²) >= 11 is 0. The predicted octanol–water partition coefficient (Wildman–Crippen LogP) is 2.94. The van der Waals surface area contributed by atoms with Crippen molar-refractivity contribution in [3.63, 3.8) is 0 Å². The van der Waals surface area contributed by atoms with Crippen LogP contribution in [-0.2, 0) is 12.5 Å². The first-order valence-corrected chi connectivity index (χ1v) is 6.08. The minimum atomic E-state index is -0.372. The summed E-state index contributed by atoms with van der Waals surface area (Å²) in [5.41, 5.74) is 1.99. The Morgan fingerprint density at radius 2 is 2.06 bits per heavy atom. The van der Waals surface area contributed by atoms with Crippen molar-refractivity contribution in [3.8, 4) is 0 Å². The van der Waals surface area contributed by atoms with Gasteiger partial charge in [0.1, 0.15) is 0 Å². The second-order valence-corrected chi connectivity index (χ2v) is 5.51. The Labute approximate surface area is 98.5 Å². The van der Waals surface area contributed by atoms with Crippen LogP contribution in [-0.4, -0.2) is 14.9 Å². The van der Waals surface area contributed by atoms with E-state index in [-0.39, 0.29) is 11.5 Å². The van der Waals surface area contributed by atoms with Gasteiger partial charge in [0.05, 0.1) is 11.8 Å². The van der Waals surface area contributed by atoms with Gasteiger partial charge in [-0.2, -0.15) is 5.10 Å². The van der Waals surface area contributed by atoms with Crippen LogP contribution in [0.25, 0.3) is 0 Å². The molecule has 1 rings (SSSR count). The zero-order valence-corrected chi connectivity index (χ0v) is 11.1. The summed E-state index contributed by atoms with van der Waals surface area (Å²) in [5, 5.41) is 14.6. The molecule has 0 spiro atoms. The lowest BCUT2D eigenvalue weighted by Gasteiger charge is -2.19. The normalized spacial score (nSPS) is 14.1. The number of hydrogen-bond acceptors (Lipinski definition) is 2. The van der Waals surface area contributed by atoms with Gasteiger partial charge in [-0.25, -0.2) is 0 Å². The van der Waals surface area contributed by atoms with Crippen LogP contribution in [0, 0.1) is 0 Å². The van der Waals surface area contributed by atoms with Crippen LogP contribution in [0.5, 0.6) is 0 Å². The fourth-order valence-electron chi connectivity index (χ4n) is 1.89. The second-order valence-electron chi connectivity index (χ2n) is 5.51. The van der Waals surface area contributed by atoms with Crippen molar-refractivity contribution >= 4 is 0 Å². The van der Waals surface area contributed by atoms with Crippen molar-refractivity contribution in [1.29, 1.82) is 0 Å². The van der Waals surface area contributed by atoms with Gasteiger partial charge in [-0.05, 0) is 6.42 Å². The number of aryl methyl sites for hydroxylation is 1. The van der Waals surface area contributed by atoms with Gasteiger partial charge in [0.15, 0.2) is 0 Å². The molecule has 0 saturated carbocycles. The van der Waals surface area contributed by atoms with E-state index in [1.54, 1.807) is 4.68 Å². The van der Waals surface area contributed by atoms with Crippen molar-refractivity contribution < 1.29 is 5.11 Å². The lowest BCUT2D eigenvalue weighted by Crippen LogP contribution is -2.16. The molecular formula is C13H24N2O. The molecule has 92 valence electrons. The smallest absolute Gasteiger partial charge is 0.0823 e. The molecule has 3 nitrogen and oxygen atoms in total. The summed E-state index contributed by atoms with van der Waals surface area (Å²) in [6, 6.07) is 0. The summed E-state index contributed by atoms with van der Waals surface area (Å²) < 4.78 is 1.80. The molecule has 0 radical (unpaired) electrons. The van der Waals surface area contributed by atoms with E-state index in [1.807, 2.05) is 13.2 Å². The van der Waals surface area contributed by atoms with Gasteiger partial charge in [-0.1, -0.05) is 40.5 Å². The van der Waals surface area contributed by atoms with Crippen molar-refractivity contribution in [1.82, 2.24) is 9.78 Å². The third-order valence-electron chi connectivity index (χ3n) is 2.76. The standard InChI is InChI=1S/C13H24N2O/c1-6-7-8-11(16)10-9-15(5)14-12(10)13(2,3)4/h9,11,16H,6-8H2,1-5H3. The fourth-order valence-corrected chi connectivity index (χ4v) is 1.89. The Morgan fingerprint density at radius 3 is 2.56 bits per heavy atom. The molecule has 1 N–H and O–H groups in total. The molecule has 1 unspecified atom stereocenters. The van der Waals surface area contributed by atoms with Crippen LogP contribution in [0.15, 0.2) is 6.20 Å². The van der Waals surface area contributed by atoms with Crippen molar-refractivity contribution in [2.45, 2.75) is 58.5 Å². The summed E-state index contributed by atoms with van der Waals surface area (Å²) in [6.07, 6.45) is 4.57. The highest BCUT2D eigenvalue weighted by Gasteiger charge is 2.25. The summed E-state index contributed by atoms with van der Waals surface area (Å²) in [6.45, 7) is 8.53. The molecule has 0 aliphatic rings. The molecular weight excluding hydrogens is 200 g/mol. The average Bonchev–Trinajstić information content (AvgIpc) is 2.56. The lowest BCUT2D eigenvalue weighted by atomic mass is 9.87. The largest absolute Gasteiger partial charge is 0.388 e. The van der Waals surface area contributed by atoms with Crippen molar-refractivity contribution in [2.24, 2.45) is 7.05 Å². The van der Waals surface area contributed by atoms with Gasteiger partial charge in [-0.3, -0.25) is 4.68 Å². The Morgan fingerprint density at radius 1 is 1.44 bits per heavy atom. The quantitative estimate of drug-likeness (QED) is 0.854. The Bertz CT molecular complexity index is 336. The first-order chi connectivity index (χ1) is 7.36. The zero-order chi connectivity index (χ0) is 12.3. The van der Waals surface area contributed by atoms with Crippen LogP contribution in [0.2, 0.25) is 0 Å². The maximum Gasteiger partial charge on any atom is 0.0823 e. The average molecular weight is 224 g/mol. The lowest BCUT2D eigenvalue weighted by molar-refractivity contribution is 0.162. The third-order valence-corrected chi connectivity index (χ3v) is 2.76. The van der Waals surface area contributed by atoms with Gasteiger partial charge in [0.2, 0.25) is 0 Å². The molecule has 1 atom stereocenters. The molecule has 0 aliphatic carbocycles. The molecule has 16 heavy (non-hydrogen) atoms. The minimum Gasteiger partial charge on any atom is -0.388 e. The highest BCUT2D eigenvalue weighted by molar-refractivity contribution is 5.26. The van der Waals surface area contributed by atoms with E-state index >= 15 is 0 Å². The summed E-state index contributed by atoms with van der Waals surface area (Å²) in [5.74, 6) is 0. The first kappa shape index (κ1) is 13.2. The van der Waals surface area contributed by atoms with E-state index in [4.69, 9.17) is 0 Å². The van der Waals surface area contributed by atoms with E-state index in [0.29, 0.717) is 0 Å². The number of nitrogens with zero attached hydrogens (tertiary/aromatic N) is 2. The van der Waals surface area contributed by atoms with Crippen molar-refractivity contribution in [2.75, 3.05) is 0 Å². The second kappa shape index (κ2) is 5.00. The summed E-state index contributed by atoms with van der Waals surface area (Å²) in [7, 11) is 1.91. The topological polar surface area (TPSA) is 38.0 Å². The maximum atomic E-state index is 10.2. The van der Waals surface area contributed by atoms with Crippen LogP contribution >= 0.6 is 0 Å². The number of hydrogen-bond donors (Lipinski definition) is 1. The maximum absolute atomic E-state index is 10.2. The van der Waals surface area contributed by atoms with Crippen LogP contribution in [0.1, 0.15) is 64.3 Å². The van der Waals surface area contributed by atoms with E-state index in [0.717, 1.165) is 30.5 Å².